The van der Waals surface area contributed by atoms with Gasteiger partial charge in [0.25, 0.3) is 0 Å². The SMILES string of the molecule is O=C(Cl)CCS(=O)(=O)c1cccs1. The molecule has 13 heavy (non-hydrogen) atoms. The molecular formula is C7H7ClO3S2. The van der Waals surface area contributed by atoms with Crippen LogP contribution in [0.3, 0.4) is 0 Å². The maximum Gasteiger partial charge on any atom is 0.222 e. The molecule has 1 heterocycles. The zero-order chi connectivity index (χ0) is 9.90. The summed E-state index contributed by atoms with van der Waals surface area (Å²) in [5.74, 6) is -0.212. The van der Waals surface area contributed by atoms with Crippen LogP contribution in [-0.4, -0.2) is 19.4 Å². The van der Waals surface area contributed by atoms with Crippen molar-refractivity contribution in [3.8, 4) is 0 Å². The summed E-state index contributed by atoms with van der Waals surface area (Å²) in [4.78, 5) is 10.4. The first-order valence-corrected chi connectivity index (χ1v) is 6.38. The van der Waals surface area contributed by atoms with E-state index >= 15 is 0 Å². The van der Waals surface area contributed by atoms with E-state index in [0.717, 1.165) is 11.3 Å². The number of thiophene rings is 1. The van der Waals surface area contributed by atoms with Gasteiger partial charge in [0.15, 0.2) is 9.84 Å². The Morgan fingerprint density at radius 3 is 2.69 bits per heavy atom. The Hall–Kier alpha value is -0.390. The van der Waals surface area contributed by atoms with E-state index in [1.165, 1.54) is 6.07 Å². The van der Waals surface area contributed by atoms with Crippen LogP contribution in [-0.2, 0) is 14.6 Å². The summed E-state index contributed by atoms with van der Waals surface area (Å²) in [7, 11) is -3.30. The monoisotopic (exact) mass is 238 g/mol. The van der Waals surface area contributed by atoms with E-state index in [0.29, 0.717) is 0 Å². The molecule has 6 heteroatoms. The molecule has 0 bridgehead atoms. The average molecular weight is 239 g/mol. The highest BCUT2D eigenvalue weighted by molar-refractivity contribution is 7.93. The molecule has 72 valence electrons. The molecule has 1 aromatic rings. The van der Waals surface area contributed by atoms with E-state index in [2.05, 4.69) is 0 Å². The Kier molecular flexibility index (Phi) is 3.47. The van der Waals surface area contributed by atoms with Crippen LogP contribution in [0, 0.1) is 0 Å². The van der Waals surface area contributed by atoms with Gasteiger partial charge in [-0.1, -0.05) is 6.07 Å². The predicted octanol–water partition coefficient (Wildman–Crippen LogP) is 1.68. The zero-order valence-electron chi connectivity index (χ0n) is 6.57. The third kappa shape index (κ3) is 3.10. The van der Waals surface area contributed by atoms with Crippen LogP contribution in [0.1, 0.15) is 6.42 Å². The molecule has 3 nitrogen and oxygen atoms in total. The number of hydrogen-bond donors (Lipinski definition) is 0. The molecule has 0 atom stereocenters. The van der Waals surface area contributed by atoms with E-state index in [4.69, 9.17) is 11.6 Å². The molecule has 0 radical (unpaired) electrons. The second-order valence-corrected chi connectivity index (χ2v) is 6.06. The van der Waals surface area contributed by atoms with Gasteiger partial charge >= 0.3 is 0 Å². The summed E-state index contributed by atoms with van der Waals surface area (Å²) in [6, 6.07) is 3.17. The largest absolute Gasteiger partial charge is 0.281 e. The molecule has 0 unspecified atom stereocenters. The fourth-order valence-electron chi connectivity index (χ4n) is 0.756. The lowest BCUT2D eigenvalue weighted by Gasteiger charge is -1.97. The molecule has 0 aliphatic carbocycles. The van der Waals surface area contributed by atoms with Gasteiger partial charge in [-0.25, -0.2) is 8.42 Å². The summed E-state index contributed by atoms with van der Waals surface area (Å²) in [5.41, 5.74) is 0. The fraction of sp³-hybridized carbons (Fsp3) is 0.286. The smallest absolute Gasteiger partial charge is 0.222 e. The second kappa shape index (κ2) is 4.21. The van der Waals surface area contributed by atoms with Crippen LogP contribution < -0.4 is 0 Å². The Morgan fingerprint density at radius 1 is 1.54 bits per heavy atom. The van der Waals surface area contributed by atoms with Crippen molar-refractivity contribution in [3.63, 3.8) is 0 Å². The summed E-state index contributed by atoms with van der Waals surface area (Å²) in [6.45, 7) is 0. The van der Waals surface area contributed by atoms with Gasteiger partial charge in [-0.3, -0.25) is 4.79 Å². The number of carbonyl (C=O) groups is 1. The Morgan fingerprint density at radius 2 is 2.23 bits per heavy atom. The third-order valence-corrected chi connectivity index (χ3v) is 4.76. The minimum atomic E-state index is -3.30. The molecule has 0 fully saturated rings. The topological polar surface area (TPSA) is 51.2 Å². The van der Waals surface area contributed by atoms with Crippen molar-refractivity contribution in [1.29, 1.82) is 0 Å². The van der Waals surface area contributed by atoms with Crippen LogP contribution in [0.2, 0.25) is 0 Å². The summed E-state index contributed by atoms with van der Waals surface area (Å²) >= 11 is 6.18. The first-order chi connectivity index (χ1) is 6.02. The molecule has 0 aromatic carbocycles. The van der Waals surface area contributed by atoms with Gasteiger partial charge in [0.05, 0.1) is 5.75 Å². The number of halogens is 1. The molecule has 0 saturated heterocycles. The maximum atomic E-state index is 11.4. The molecule has 0 aliphatic rings. The summed E-state index contributed by atoms with van der Waals surface area (Å²) in [6.07, 6.45) is -0.137. The van der Waals surface area contributed by atoms with Gasteiger partial charge < -0.3 is 0 Å². The van der Waals surface area contributed by atoms with Gasteiger partial charge in [0, 0.05) is 6.42 Å². The lowest BCUT2D eigenvalue weighted by Crippen LogP contribution is -2.07. The Bertz CT molecular complexity index is 380. The summed E-state index contributed by atoms with van der Waals surface area (Å²) < 4.78 is 23.1. The van der Waals surface area contributed by atoms with Gasteiger partial charge in [-0.2, -0.15) is 0 Å². The van der Waals surface area contributed by atoms with Crippen LogP contribution in [0.5, 0.6) is 0 Å². The zero-order valence-corrected chi connectivity index (χ0v) is 8.95. The van der Waals surface area contributed by atoms with Crippen LogP contribution >= 0.6 is 22.9 Å². The van der Waals surface area contributed by atoms with Gasteiger partial charge in [0.2, 0.25) is 5.24 Å². The van der Waals surface area contributed by atoms with E-state index < -0.39 is 15.1 Å². The van der Waals surface area contributed by atoms with Crippen molar-refractivity contribution in [2.75, 3.05) is 5.75 Å². The number of hydrogen-bond acceptors (Lipinski definition) is 4. The van der Waals surface area contributed by atoms with Crippen molar-refractivity contribution in [2.24, 2.45) is 0 Å². The van der Waals surface area contributed by atoms with Crippen molar-refractivity contribution in [1.82, 2.24) is 0 Å². The van der Waals surface area contributed by atoms with Crippen molar-refractivity contribution in [2.45, 2.75) is 10.6 Å². The molecule has 0 N–H and O–H groups in total. The lowest BCUT2D eigenvalue weighted by atomic mass is 10.6. The molecule has 0 spiro atoms. The summed E-state index contributed by atoms with van der Waals surface area (Å²) in [5, 5.41) is 1.05. The van der Waals surface area contributed by atoms with Crippen LogP contribution in [0.4, 0.5) is 0 Å². The molecule has 1 aromatic heterocycles. The number of rotatable bonds is 4. The van der Waals surface area contributed by atoms with Crippen LogP contribution in [0.25, 0.3) is 0 Å². The van der Waals surface area contributed by atoms with Crippen molar-refractivity contribution in [3.05, 3.63) is 17.5 Å². The van der Waals surface area contributed by atoms with Crippen LogP contribution in [0.15, 0.2) is 21.7 Å². The van der Waals surface area contributed by atoms with E-state index in [1.54, 1.807) is 11.4 Å². The highest BCUT2D eigenvalue weighted by Gasteiger charge is 2.16. The third-order valence-electron chi connectivity index (χ3n) is 1.37. The number of sulfone groups is 1. The molecule has 0 amide bonds. The van der Waals surface area contributed by atoms with Gasteiger partial charge in [-0.05, 0) is 23.0 Å². The minimum absolute atomic E-state index is 0.137. The van der Waals surface area contributed by atoms with E-state index in [-0.39, 0.29) is 16.4 Å². The van der Waals surface area contributed by atoms with E-state index in [1.807, 2.05) is 0 Å². The molecular weight excluding hydrogens is 232 g/mol. The Labute approximate surface area is 85.3 Å². The minimum Gasteiger partial charge on any atom is -0.281 e. The van der Waals surface area contributed by atoms with Gasteiger partial charge in [0.1, 0.15) is 4.21 Å². The standard InChI is InChI=1S/C7H7ClO3S2/c8-6(9)3-5-13(10,11)7-2-1-4-12-7/h1-2,4H,3,5H2. The molecule has 0 aliphatic heterocycles. The highest BCUT2D eigenvalue weighted by Crippen LogP contribution is 2.18. The first kappa shape index (κ1) is 10.7. The predicted molar refractivity (Wildman–Crippen MR) is 51.8 cm³/mol. The van der Waals surface area contributed by atoms with Crippen molar-refractivity contribution < 1.29 is 13.2 Å². The Balaban J connectivity index is 2.74. The average Bonchev–Trinajstić information content (AvgIpc) is 2.53. The highest BCUT2D eigenvalue weighted by atomic mass is 35.5. The fourth-order valence-corrected chi connectivity index (χ4v) is 3.35. The second-order valence-electron chi connectivity index (χ2n) is 2.36. The van der Waals surface area contributed by atoms with Crippen molar-refractivity contribution >= 4 is 38.0 Å². The number of carbonyl (C=O) groups excluding carboxylic acids is 1. The first-order valence-electron chi connectivity index (χ1n) is 3.47. The van der Waals surface area contributed by atoms with E-state index in [9.17, 15) is 13.2 Å². The maximum absolute atomic E-state index is 11.4. The molecule has 0 saturated carbocycles. The lowest BCUT2D eigenvalue weighted by molar-refractivity contribution is -0.111. The molecule has 1 rings (SSSR count). The van der Waals surface area contributed by atoms with Gasteiger partial charge in [-0.15, -0.1) is 11.3 Å². The normalized spacial score (nSPS) is 11.5. The quantitative estimate of drug-likeness (QED) is 0.750.